The summed E-state index contributed by atoms with van der Waals surface area (Å²) in [6.45, 7) is 25.6. The molecular weight excluding hydrogens is 781 g/mol. The zero-order chi connectivity index (χ0) is 44.6. The third-order valence-corrected chi connectivity index (χ3v) is 12.0. The number of aliphatic imine (C=N–C) groups is 2. The number of carbonyl (C=O) groups is 2. The molecule has 0 unspecified atom stereocenters. The van der Waals surface area contributed by atoms with E-state index in [9.17, 15) is 19.8 Å². The summed E-state index contributed by atoms with van der Waals surface area (Å²) < 4.78 is 12.3. The Labute approximate surface area is 367 Å². The van der Waals surface area contributed by atoms with Crippen molar-refractivity contribution < 1.29 is 29.3 Å². The van der Waals surface area contributed by atoms with Crippen LogP contribution in [-0.4, -0.2) is 119 Å². The first-order chi connectivity index (χ1) is 29.5. The molecule has 0 spiro atoms. The van der Waals surface area contributed by atoms with Gasteiger partial charge in [-0.15, -0.1) is 0 Å². The van der Waals surface area contributed by atoms with Gasteiger partial charge in [-0.3, -0.25) is 19.4 Å². The van der Waals surface area contributed by atoms with E-state index in [2.05, 4.69) is 76.4 Å². The molecule has 330 valence electrons. The first-order valence-electron chi connectivity index (χ1n) is 21.7. The van der Waals surface area contributed by atoms with Crippen LogP contribution in [0.25, 0.3) is 0 Å². The lowest BCUT2D eigenvalue weighted by molar-refractivity contribution is -0.148. The highest BCUT2D eigenvalue weighted by molar-refractivity contribution is 6.03. The number of fused-ring (bicyclic) bond motifs is 2. The second kappa shape index (κ2) is 20.0. The van der Waals surface area contributed by atoms with Gasteiger partial charge < -0.3 is 29.5 Å². The lowest BCUT2D eigenvalue weighted by Crippen LogP contribution is -2.52. The molecule has 5 aliphatic rings. The normalized spacial score (nSPS) is 18.7. The molecule has 2 aromatic carbocycles. The highest BCUT2D eigenvalue weighted by atomic mass is 16.5. The zero-order valence-corrected chi connectivity index (χ0v) is 37.6. The van der Waals surface area contributed by atoms with Crippen LogP contribution in [0.15, 0.2) is 118 Å². The van der Waals surface area contributed by atoms with Gasteiger partial charge in [0.1, 0.15) is 46.9 Å². The summed E-state index contributed by atoms with van der Waals surface area (Å²) in [4.78, 5) is 42.3. The maximum Gasteiger partial charge on any atom is 0.310 e. The number of hydrogen-bond acceptors (Lipinski definition) is 10. The number of hydrogen-bond donors (Lipinski definition) is 2. The first-order valence-corrected chi connectivity index (χ1v) is 21.7. The molecule has 2 saturated heterocycles. The van der Waals surface area contributed by atoms with Gasteiger partial charge >= 0.3 is 11.9 Å². The Morgan fingerprint density at radius 1 is 0.790 bits per heavy atom. The van der Waals surface area contributed by atoms with E-state index < -0.39 is 22.8 Å². The first kappa shape index (κ1) is 45.8. The van der Waals surface area contributed by atoms with Crippen LogP contribution in [0.1, 0.15) is 75.3 Å². The maximum atomic E-state index is 11.5. The molecule has 4 heterocycles. The number of piperazine rings is 2. The smallest absolute Gasteiger partial charge is 0.310 e. The molecular formula is C50H64N6O6. The van der Waals surface area contributed by atoms with Crippen LogP contribution in [0, 0.1) is 24.7 Å². The summed E-state index contributed by atoms with van der Waals surface area (Å²) >= 11 is 0. The van der Waals surface area contributed by atoms with Gasteiger partial charge in [0.05, 0.1) is 16.4 Å². The number of ether oxygens (including phenoxy) is 2. The molecule has 0 saturated carbocycles. The minimum Gasteiger partial charge on any atom is -0.491 e. The molecule has 12 nitrogen and oxygen atoms in total. The molecule has 2 N–H and O–H groups in total. The van der Waals surface area contributed by atoms with Crippen LogP contribution in [0.2, 0.25) is 0 Å². The second-order valence-corrected chi connectivity index (χ2v) is 18.0. The van der Waals surface area contributed by atoms with Gasteiger partial charge in [-0.25, -0.2) is 9.98 Å². The fourth-order valence-electron chi connectivity index (χ4n) is 7.84. The monoisotopic (exact) mass is 844 g/mol. The molecule has 0 bridgehead atoms. The standard InChI is InChI=1S/C25H31N3O3.C25H33N3O3/c1-18-9-10-19-16-31-22-8-6-4-5-7-21(22)26-23(20(19)15-18)28-13-11-27(12-14-28)17-25(2,3)24(29)30;1-6-7-8-21-19(3)31-22-10-9-18(2)17-20(22)23(26-21)28-15-13-27(14-16-28)12-11-25(4,5)24(29)30/h4-7,9-10,15H,8,11-14,16-17H2,1-3H3,(H,29,30);6-10,17H,1,11-16H2,2-5H3,(H,29,30)/b;8-7-. The molecule has 0 aromatic heterocycles. The summed E-state index contributed by atoms with van der Waals surface area (Å²) in [6.07, 6.45) is 15.0. The Kier molecular flexibility index (Phi) is 14.8. The largest absolute Gasteiger partial charge is 0.491 e. The molecule has 0 atom stereocenters. The Hall–Kier alpha value is -5.72. The number of nitrogens with zero attached hydrogens (tertiary/aromatic N) is 6. The van der Waals surface area contributed by atoms with Gasteiger partial charge in [-0.05, 0) is 91.8 Å². The van der Waals surface area contributed by atoms with Crippen LogP contribution < -0.4 is 4.74 Å². The number of rotatable bonds is 9. The van der Waals surface area contributed by atoms with Crippen molar-refractivity contribution in [1.29, 1.82) is 0 Å². The summed E-state index contributed by atoms with van der Waals surface area (Å²) in [5.74, 6) is 2.88. The van der Waals surface area contributed by atoms with Crippen molar-refractivity contribution in [2.75, 3.05) is 65.4 Å². The van der Waals surface area contributed by atoms with E-state index in [1.807, 2.05) is 43.4 Å². The van der Waals surface area contributed by atoms with Gasteiger partial charge in [0.25, 0.3) is 0 Å². The molecule has 2 fully saturated rings. The van der Waals surface area contributed by atoms with Crippen molar-refractivity contribution >= 4 is 23.6 Å². The van der Waals surface area contributed by atoms with Crippen LogP contribution in [0.3, 0.4) is 0 Å². The fraction of sp³-hybridized carbons (Fsp3) is 0.440. The Morgan fingerprint density at radius 2 is 1.40 bits per heavy atom. The lowest BCUT2D eigenvalue weighted by atomic mass is 9.89. The molecule has 1 aliphatic carbocycles. The molecule has 62 heavy (non-hydrogen) atoms. The molecule has 12 heteroatoms. The highest BCUT2D eigenvalue weighted by Gasteiger charge is 2.33. The van der Waals surface area contributed by atoms with E-state index in [0.29, 0.717) is 19.6 Å². The summed E-state index contributed by atoms with van der Waals surface area (Å²) in [5, 5.41) is 18.8. The van der Waals surface area contributed by atoms with Gasteiger partial charge in [0.2, 0.25) is 0 Å². The predicted octanol–water partition coefficient (Wildman–Crippen LogP) is 7.95. The van der Waals surface area contributed by atoms with E-state index >= 15 is 0 Å². The SMILES string of the molecule is C=C/C=C\C1=C(C)Oc2ccc(C)cc2C(N2CCN(CCC(C)(C)C(=O)O)CC2)=N1.Cc1ccc2c(c1)C(N1CCN(CC(C)(C)C(=O)O)CC1)=NC1=C(CC=CC=C1)OC2. The van der Waals surface area contributed by atoms with Crippen molar-refractivity contribution in [3.63, 3.8) is 0 Å². The lowest BCUT2D eigenvalue weighted by Gasteiger charge is -2.39. The van der Waals surface area contributed by atoms with E-state index in [-0.39, 0.29) is 0 Å². The van der Waals surface area contributed by atoms with E-state index in [4.69, 9.17) is 19.5 Å². The molecule has 4 aliphatic heterocycles. The summed E-state index contributed by atoms with van der Waals surface area (Å²) in [5.41, 5.74) is 5.83. The average Bonchev–Trinajstić information content (AvgIpc) is 3.54. The van der Waals surface area contributed by atoms with Crippen molar-refractivity contribution in [3.8, 4) is 5.75 Å². The number of aryl methyl sites for hydroxylation is 2. The second-order valence-electron chi connectivity index (χ2n) is 18.0. The highest BCUT2D eigenvalue weighted by Crippen LogP contribution is 2.31. The topological polar surface area (TPSA) is 131 Å². The molecule has 2 aromatic rings. The fourth-order valence-corrected chi connectivity index (χ4v) is 7.84. The number of allylic oxidation sites excluding steroid dienone is 8. The van der Waals surface area contributed by atoms with Crippen molar-refractivity contribution in [2.45, 2.75) is 67.9 Å². The zero-order valence-electron chi connectivity index (χ0n) is 37.6. The van der Waals surface area contributed by atoms with Crippen molar-refractivity contribution in [3.05, 3.63) is 136 Å². The maximum absolute atomic E-state index is 11.5. The van der Waals surface area contributed by atoms with Gasteiger partial charge in [0.15, 0.2) is 0 Å². The van der Waals surface area contributed by atoms with Crippen LogP contribution >= 0.6 is 0 Å². The minimum absolute atomic E-state index is 0.530. The number of aliphatic carboxylic acids is 2. The van der Waals surface area contributed by atoms with Crippen LogP contribution in [-0.2, 0) is 20.9 Å². The van der Waals surface area contributed by atoms with E-state index in [1.165, 1.54) is 5.56 Å². The molecule has 7 rings (SSSR count). The van der Waals surface area contributed by atoms with Gasteiger partial charge in [0, 0.05) is 76.5 Å². The Balaban J connectivity index is 0.000000207. The number of benzene rings is 2. The van der Waals surface area contributed by atoms with Crippen molar-refractivity contribution in [1.82, 2.24) is 19.6 Å². The summed E-state index contributed by atoms with van der Waals surface area (Å²) in [6, 6.07) is 12.6. The number of amidine groups is 2. The molecule has 0 radical (unpaired) electrons. The van der Waals surface area contributed by atoms with Crippen LogP contribution in [0.5, 0.6) is 5.75 Å². The number of carboxylic acid groups (broad SMARTS) is 2. The Morgan fingerprint density at radius 3 is 2.05 bits per heavy atom. The quantitative estimate of drug-likeness (QED) is 0.240. The van der Waals surface area contributed by atoms with Crippen LogP contribution in [0.4, 0.5) is 0 Å². The number of carboxylic acids is 2. The third kappa shape index (κ3) is 11.4. The van der Waals surface area contributed by atoms with Gasteiger partial charge in [-0.1, -0.05) is 66.3 Å². The summed E-state index contributed by atoms with van der Waals surface area (Å²) in [7, 11) is 0. The average molecular weight is 845 g/mol. The van der Waals surface area contributed by atoms with Gasteiger partial charge in [-0.2, -0.15) is 0 Å². The molecule has 0 amide bonds. The Bertz CT molecular complexity index is 2230. The minimum atomic E-state index is -0.753. The van der Waals surface area contributed by atoms with E-state index in [0.717, 1.165) is 128 Å². The van der Waals surface area contributed by atoms with E-state index in [1.54, 1.807) is 33.8 Å². The predicted molar refractivity (Wildman–Crippen MR) is 246 cm³/mol. The van der Waals surface area contributed by atoms with Crippen molar-refractivity contribution in [2.24, 2.45) is 20.8 Å². The third-order valence-electron chi connectivity index (χ3n) is 12.0.